The Labute approximate surface area is 165 Å². The first kappa shape index (κ1) is 20.0. The van der Waals surface area contributed by atoms with E-state index in [9.17, 15) is 9.59 Å². The van der Waals surface area contributed by atoms with Gasteiger partial charge in [0, 0.05) is 43.2 Å². The number of hydrogen-bond donors (Lipinski definition) is 2. The van der Waals surface area contributed by atoms with Gasteiger partial charge in [-0.05, 0) is 24.6 Å². The van der Waals surface area contributed by atoms with E-state index in [0.717, 1.165) is 17.1 Å². The fraction of sp³-hybridized carbons (Fsp3) is 0.524. The van der Waals surface area contributed by atoms with Gasteiger partial charge in [-0.2, -0.15) is 5.10 Å². The molecule has 2 N–H and O–H groups in total. The molecule has 1 fully saturated rings. The van der Waals surface area contributed by atoms with Crippen LogP contribution in [0.25, 0.3) is 0 Å². The quantitative estimate of drug-likeness (QED) is 0.800. The van der Waals surface area contributed by atoms with Crippen LogP contribution in [0.4, 0.5) is 0 Å². The molecule has 150 valence electrons. The van der Waals surface area contributed by atoms with Crippen molar-refractivity contribution in [3.05, 3.63) is 47.5 Å². The summed E-state index contributed by atoms with van der Waals surface area (Å²) in [4.78, 5) is 30.9. The molecule has 2 aromatic rings. The van der Waals surface area contributed by atoms with Crippen LogP contribution in [-0.2, 0) is 28.0 Å². The van der Waals surface area contributed by atoms with Crippen LogP contribution >= 0.6 is 0 Å². The lowest BCUT2D eigenvalue weighted by Gasteiger charge is -2.31. The van der Waals surface area contributed by atoms with Gasteiger partial charge >= 0.3 is 0 Å². The summed E-state index contributed by atoms with van der Waals surface area (Å²) >= 11 is 0. The topological polar surface area (TPSA) is 91.0 Å². The Hall–Kier alpha value is -2.70. The molecule has 28 heavy (non-hydrogen) atoms. The van der Waals surface area contributed by atoms with Crippen molar-refractivity contribution in [2.45, 2.75) is 52.0 Å². The number of rotatable bonds is 6. The predicted octanol–water partition coefficient (Wildman–Crippen LogP) is 2.20. The maximum absolute atomic E-state index is 12.6. The number of carbonyl (C=O) groups is 2. The van der Waals surface area contributed by atoms with Crippen LogP contribution in [-0.4, -0.2) is 45.0 Å². The normalized spacial score (nSPS) is 17.6. The number of amides is 2. The van der Waals surface area contributed by atoms with Crippen LogP contribution in [0.3, 0.4) is 0 Å². The first-order valence-corrected chi connectivity index (χ1v) is 9.83. The fourth-order valence-electron chi connectivity index (χ4n) is 3.30. The van der Waals surface area contributed by atoms with Crippen molar-refractivity contribution in [2.24, 2.45) is 5.92 Å². The molecular weight excluding hydrogens is 354 g/mol. The van der Waals surface area contributed by atoms with Crippen molar-refractivity contribution in [3.63, 3.8) is 0 Å². The van der Waals surface area contributed by atoms with Gasteiger partial charge in [0.05, 0.1) is 23.9 Å². The average Bonchev–Trinajstić information content (AvgIpc) is 3.16. The smallest absolute Gasteiger partial charge is 0.225 e. The molecule has 3 rings (SSSR count). The Morgan fingerprint density at radius 3 is 2.86 bits per heavy atom. The number of carbonyl (C=O) groups excluding carboxylic acids is 2. The second kappa shape index (κ2) is 8.54. The number of nitrogens with zero attached hydrogens (tertiary/aromatic N) is 3. The average molecular weight is 383 g/mol. The molecule has 0 spiro atoms. The minimum absolute atomic E-state index is 0.0118. The zero-order valence-corrected chi connectivity index (χ0v) is 16.9. The molecule has 7 nitrogen and oxygen atoms in total. The van der Waals surface area contributed by atoms with E-state index in [0.29, 0.717) is 38.9 Å². The number of hydrogen-bond acceptors (Lipinski definition) is 4. The molecular formula is C21H29N5O2. The van der Waals surface area contributed by atoms with Crippen molar-refractivity contribution in [1.29, 1.82) is 0 Å². The van der Waals surface area contributed by atoms with E-state index in [4.69, 9.17) is 0 Å². The fourth-order valence-corrected chi connectivity index (χ4v) is 3.30. The van der Waals surface area contributed by atoms with Crippen LogP contribution in [0, 0.1) is 5.92 Å². The van der Waals surface area contributed by atoms with E-state index in [1.807, 2.05) is 24.3 Å². The van der Waals surface area contributed by atoms with Crippen LogP contribution in [0.15, 0.2) is 30.5 Å². The van der Waals surface area contributed by atoms with Crippen molar-refractivity contribution >= 4 is 11.8 Å². The summed E-state index contributed by atoms with van der Waals surface area (Å²) < 4.78 is 0. The molecule has 7 heteroatoms. The van der Waals surface area contributed by atoms with E-state index in [-0.39, 0.29) is 23.1 Å². The molecule has 1 aliphatic heterocycles. The highest BCUT2D eigenvalue weighted by Gasteiger charge is 2.30. The summed E-state index contributed by atoms with van der Waals surface area (Å²) in [6.45, 7) is 7.78. The van der Waals surface area contributed by atoms with Gasteiger partial charge in [-0.1, -0.05) is 26.8 Å². The lowest BCUT2D eigenvalue weighted by molar-refractivity contribution is -0.138. The molecule has 0 aromatic carbocycles. The molecule has 0 unspecified atom stereocenters. The number of pyridine rings is 1. The summed E-state index contributed by atoms with van der Waals surface area (Å²) in [5.41, 5.74) is 2.78. The summed E-state index contributed by atoms with van der Waals surface area (Å²) in [5, 5.41) is 10.3. The summed E-state index contributed by atoms with van der Waals surface area (Å²) in [7, 11) is 0. The molecule has 0 saturated carbocycles. The second-order valence-corrected chi connectivity index (χ2v) is 8.39. The molecule has 0 aliphatic carbocycles. The van der Waals surface area contributed by atoms with Gasteiger partial charge in [-0.25, -0.2) is 0 Å². The third-order valence-electron chi connectivity index (χ3n) is 5.09. The first-order valence-electron chi connectivity index (χ1n) is 9.83. The number of aromatic nitrogens is 3. The number of piperidine rings is 1. The Morgan fingerprint density at radius 2 is 2.18 bits per heavy atom. The number of likely N-dealkylation sites (tertiary alicyclic amines) is 1. The highest BCUT2D eigenvalue weighted by atomic mass is 16.2. The molecule has 2 amide bonds. The van der Waals surface area contributed by atoms with Crippen molar-refractivity contribution < 1.29 is 9.59 Å². The number of nitrogens with one attached hydrogen (secondary N) is 2. The van der Waals surface area contributed by atoms with Gasteiger partial charge < -0.3 is 10.2 Å². The van der Waals surface area contributed by atoms with Gasteiger partial charge in [-0.3, -0.25) is 19.7 Å². The van der Waals surface area contributed by atoms with E-state index >= 15 is 0 Å². The molecule has 1 atom stereocenters. The van der Waals surface area contributed by atoms with Gasteiger partial charge in [0.2, 0.25) is 11.8 Å². The van der Waals surface area contributed by atoms with Gasteiger partial charge in [-0.15, -0.1) is 0 Å². The highest BCUT2D eigenvalue weighted by molar-refractivity contribution is 5.83. The van der Waals surface area contributed by atoms with Crippen molar-refractivity contribution in [1.82, 2.24) is 25.4 Å². The molecule has 1 aliphatic rings. The maximum atomic E-state index is 12.6. The monoisotopic (exact) mass is 383 g/mol. The van der Waals surface area contributed by atoms with E-state index in [1.165, 1.54) is 0 Å². The van der Waals surface area contributed by atoms with Gasteiger partial charge in [0.15, 0.2) is 0 Å². The molecule has 0 radical (unpaired) electrons. The molecule has 2 aromatic heterocycles. The Kier molecular flexibility index (Phi) is 6.11. The lowest BCUT2D eigenvalue weighted by Crippen LogP contribution is -2.46. The van der Waals surface area contributed by atoms with E-state index in [2.05, 4.69) is 41.3 Å². The van der Waals surface area contributed by atoms with Gasteiger partial charge in [0.1, 0.15) is 0 Å². The second-order valence-electron chi connectivity index (χ2n) is 8.39. The zero-order chi connectivity index (χ0) is 20.1. The van der Waals surface area contributed by atoms with Crippen molar-refractivity contribution in [3.8, 4) is 0 Å². The molecule has 3 heterocycles. The third kappa shape index (κ3) is 5.18. The Morgan fingerprint density at radius 1 is 1.36 bits per heavy atom. The predicted molar refractivity (Wildman–Crippen MR) is 106 cm³/mol. The van der Waals surface area contributed by atoms with Crippen LogP contribution < -0.4 is 5.32 Å². The largest absolute Gasteiger partial charge is 0.350 e. The SMILES string of the molecule is CC(C)(C)c1cc(CNC(=O)[C@@H]2CCC(=O)N(CCc3ccccn3)C2)[nH]n1. The minimum atomic E-state index is -0.175. The Bertz CT molecular complexity index is 810. The maximum Gasteiger partial charge on any atom is 0.225 e. The first-order chi connectivity index (χ1) is 13.3. The molecule has 0 bridgehead atoms. The zero-order valence-electron chi connectivity index (χ0n) is 16.9. The summed E-state index contributed by atoms with van der Waals surface area (Å²) in [6, 6.07) is 7.76. The number of aromatic amines is 1. The van der Waals surface area contributed by atoms with E-state index < -0.39 is 0 Å². The van der Waals surface area contributed by atoms with Gasteiger partial charge in [0.25, 0.3) is 0 Å². The summed E-state index contributed by atoms with van der Waals surface area (Å²) in [6.07, 6.45) is 3.47. The third-order valence-corrected chi connectivity index (χ3v) is 5.09. The van der Waals surface area contributed by atoms with E-state index in [1.54, 1.807) is 11.1 Å². The van der Waals surface area contributed by atoms with Crippen LogP contribution in [0.5, 0.6) is 0 Å². The number of H-pyrrole nitrogens is 1. The Balaban J connectivity index is 1.50. The summed E-state index contributed by atoms with van der Waals surface area (Å²) in [5.74, 6) is -0.0722. The van der Waals surface area contributed by atoms with Crippen LogP contribution in [0.1, 0.15) is 50.7 Å². The molecule has 1 saturated heterocycles. The minimum Gasteiger partial charge on any atom is -0.350 e. The highest BCUT2D eigenvalue weighted by Crippen LogP contribution is 2.21. The van der Waals surface area contributed by atoms with Crippen molar-refractivity contribution in [2.75, 3.05) is 13.1 Å². The van der Waals surface area contributed by atoms with Crippen LogP contribution in [0.2, 0.25) is 0 Å². The standard InChI is InChI=1S/C21H29N5O2/c1-21(2,3)18-12-17(24-25-18)13-23-20(28)15-7-8-19(27)26(14-15)11-9-16-6-4-5-10-22-16/h4-6,10,12,15H,7-9,11,13-14H2,1-3H3,(H,23,28)(H,24,25)/t15-/m1/s1. The lowest BCUT2D eigenvalue weighted by atomic mass is 9.92.